The van der Waals surface area contributed by atoms with E-state index in [0.717, 1.165) is 15.9 Å². The summed E-state index contributed by atoms with van der Waals surface area (Å²) in [4.78, 5) is 28.8. The summed E-state index contributed by atoms with van der Waals surface area (Å²) in [6, 6.07) is 10.1. The third-order valence-corrected chi connectivity index (χ3v) is 4.83. The van der Waals surface area contributed by atoms with Crippen LogP contribution in [0.1, 0.15) is 26.5 Å². The molecule has 3 rings (SSSR count). The summed E-state index contributed by atoms with van der Waals surface area (Å²) in [6.07, 6.45) is 0. The minimum absolute atomic E-state index is 0.0924. The van der Waals surface area contributed by atoms with Gasteiger partial charge in [0.1, 0.15) is 6.54 Å². The van der Waals surface area contributed by atoms with Gasteiger partial charge in [0, 0.05) is 27.4 Å². The summed E-state index contributed by atoms with van der Waals surface area (Å²) in [7, 11) is 0. The van der Waals surface area contributed by atoms with Gasteiger partial charge < -0.3 is 5.32 Å². The fraction of sp³-hybridized carbons (Fsp3) is 0.263. The lowest BCUT2D eigenvalue weighted by atomic mass is 9.93. The fourth-order valence-corrected chi connectivity index (χ4v) is 3.39. The molecule has 1 aromatic carbocycles. The molecule has 0 saturated heterocycles. The van der Waals surface area contributed by atoms with Gasteiger partial charge in [0.2, 0.25) is 5.91 Å². The second-order valence-electron chi connectivity index (χ2n) is 7.06. The highest BCUT2D eigenvalue weighted by atomic mass is 35.5. The fourth-order valence-electron chi connectivity index (χ4n) is 2.31. The molecule has 0 bridgehead atoms. The van der Waals surface area contributed by atoms with Crippen LogP contribution in [0.15, 0.2) is 46.6 Å². The van der Waals surface area contributed by atoms with Crippen LogP contribution in [0.4, 0.5) is 5.13 Å². The van der Waals surface area contributed by atoms with Crippen LogP contribution in [0.2, 0.25) is 5.02 Å². The lowest BCUT2D eigenvalue weighted by Crippen LogP contribution is -2.29. The van der Waals surface area contributed by atoms with Crippen molar-refractivity contribution in [1.29, 1.82) is 0 Å². The Morgan fingerprint density at radius 3 is 2.52 bits per heavy atom. The van der Waals surface area contributed by atoms with Crippen LogP contribution in [0, 0.1) is 0 Å². The van der Waals surface area contributed by atoms with Crippen molar-refractivity contribution in [2.75, 3.05) is 5.32 Å². The molecule has 6 nitrogen and oxygen atoms in total. The van der Waals surface area contributed by atoms with Crippen LogP contribution in [0.25, 0.3) is 11.3 Å². The molecule has 0 unspecified atom stereocenters. The molecule has 1 amide bonds. The Morgan fingerprint density at radius 2 is 1.89 bits per heavy atom. The van der Waals surface area contributed by atoms with E-state index < -0.39 is 0 Å². The number of carbonyl (C=O) groups excluding carboxylic acids is 1. The van der Waals surface area contributed by atoms with Gasteiger partial charge in [-0.1, -0.05) is 44.5 Å². The number of nitrogens with one attached hydrogen (secondary N) is 1. The third kappa shape index (κ3) is 4.81. The van der Waals surface area contributed by atoms with Crippen molar-refractivity contribution in [3.63, 3.8) is 0 Å². The van der Waals surface area contributed by atoms with Crippen molar-refractivity contribution in [2.45, 2.75) is 32.7 Å². The van der Waals surface area contributed by atoms with Crippen LogP contribution >= 0.6 is 22.9 Å². The number of amides is 1. The number of hydrogen-bond donors (Lipinski definition) is 1. The maximum atomic E-state index is 12.3. The minimum atomic E-state index is -0.354. The molecule has 1 N–H and O–H groups in total. The summed E-state index contributed by atoms with van der Waals surface area (Å²) in [6.45, 7) is 5.98. The molecule has 27 heavy (non-hydrogen) atoms. The van der Waals surface area contributed by atoms with Gasteiger partial charge in [-0.25, -0.2) is 9.67 Å². The van der Waals surface area contributed by atoms with Gasteiger partial charge >= 0.3 is 0 Å². The maximum Gasteiger partial charge on any atom is 0.267 e. The second kappa shape index (κ2) is 7.62. The van der Waals surface area contributed by atoms with Gasteiger partial charge in [0.15, 0.2) is 5.13 Å². The van der Waals surface area contributed by atoms with Gasteiger partial charge in [-0.05, 0) is 18.2 Å². The van der Waals surface area contributed by atoms with E-state index in [-0.39, 0.29) is 23.4 Å². The molecular weight excluding hydrogens is 384 g/mol. The normalized spacial score (nSPS) is 11.4. The van der Waals surface area contributed by atoms with E-state index in [1.807, 2.05) is 17.5 Å². The standard InChI is InChI=1S/C19H19ClN4O2S/c1-19(2,3)15-11-27-18(21-15)22-16(25)10-24-17(26)9-8-14(23-24)12-4-6-13(20)7-5-12/h4-9,11H,10H2,1-3H3,(H,21,22,25). The van der Waals surface area contributed by atoms with Crippen LogP contribution in [0.3, 0.4) is 0 Å². The average Bonchev–Trinajstić information content (AvgIpc) is 3.06. The second-order valence-corrected chi connectivity index (χ2v) is 8.35. The first kappa shape index (κ1) is 19.3. The van der Waals surface area contributed by atoms with Crippen LogP contribution in [-0.4, -0.2) is 20.7 Å². The van der Waals surface area contributed by atoms with E-state index in [1.165, 1.54) is 17.4 Å². The van der Waals surface area contributed by atoms with E-state index in [0.29, 0.717) is 15.8 Å². The number of carbonyl (C=O) groups is 1. The lowest BCUT2D eigenvalue weighted by Gasteiger charge is -2.14. The summed E-state index contributed by atoms with van der Waals surface area (Å²) in [5.41, 5.74) is 1.86. The largest absolute Gasteiger partial charge is 0.300 e. The monoisotopic (exact) mass is 402 g/mol. The number of hydrogen-bond acceptors (Lipinski definition) is 5. The van der Waals surface area contributed by atoms with Crippen molar-refractivity contribution in [3.8, 4) is 11.3 Å². The van der Waals surface area contributed by atoms with Gasteiger partial charge in [-0.3, -0.25) is 9.59 Å². The molecule has 0 aliphatic rings. The number of aromatic nitrogens is 3. The van der Waals surface area contributed by atoms with Crippen molar-refractivity contribution >= 4 is 34.0 Å². The van der Waals surface area contributed by atoms with E-state index in [9.17, 15) is 9.59 Å². The van der Waals surface area contributed by atoms with Crippen LogP contribution in [-0.2, 0) is 16.8 Å². The minimum Gasteiger partial charge on any atom is -0.300 e. The highest BCUT2D eigenvalue weighted by Crippen LogP contribution is 2.26. The quantitative estimate of drug-likeness (QED) is 0.716. The highest BCUT2D eigenvalue weighted by molar-refractivity contribution is 7.13. The molecule has 0 fully saturated rings. The third-order valence-electron chi connectivity index (χ3n) is 3.82. The summed E-state index contributed by atoms with van der Waals surface area (Å²) >= 11 is 7.26. The zero-order chi connectivity index (χ0) is 19.6. The average molecular weight is 403 g/mol. The Labute approximate surface area is 165 Å². The highest BCUT2D eigenvalue weighted by Gasteiger charge is 2.18. The van der Waals surface area contributed by atoms with Gasteiger partial charge in [-0.15, -0.1) is 11.3 Å². The molecule has 2 aromatic heterocycles. The Kier molecular flexibility index (Phi) is 5.43. The first-order valence-electron chi connectivity index (χ1n) is 8.32. The number of nitrogens with zero attached hydrogens (tertiary/aromatic N) is 3. The zero-order valence-corrected chi connectivity index (χ0v) is 16.8. The molecular formula is C19H19ClN4O2S. The van der Waals surface area contributed by atoms with Gasteiger partial charge in [-0.2, -0.15) is 5.10 Å². The molecule has 140 valence electrons. The summed E-state index contributed by atoms with van der Waals surface area (Å²) in [5, 5.41) is 10.0. The Morgan fingerprint density at radius 1 is 1.19 bits per heavy atom. The van der Waals surface area contributed by atoms with Gasteiger partial charge in [0.25, 0.3) is 5.56 Å². The van der Waals surface area contributed by atoms with Crippen LogP contribution in [0.5, 0.6) is 0 Å². The predicted octanol–water partition coefficient (Wildman–Crippen LogP) is 3.96. The molecule has 2 heterocycles. The van der Waals surface area contributed by atoms with E-state index in [2.05, 4.69) is 36.2 Å². The van der Waals surface area contributed by atoms with E-state index in [4.69, 9.17) is 11.6 Å². The number of thiazole rings is 1. The van der Waals surface area contributed by atoms with Crippen molar-refractivity contribution in [2.24, 2.45) is 0 Å². The lowest BCUT2D eigenvalue weighted by molar-refractivity contribution is -0.117. The molecule has 0 atom stereocenters. The van der Waals surface area contributed by atoms with E-state index >= 15 is 0 Å². The molecule has 0 aliphatic heterocycles. The zero-order valence-electron chi connectivity index (χ0n) is 15.2. The SMILES string of the molecule is CC(C)(C)c1csc(NC(=O)Cn2nc(-c3ccc(Cl)cc3)ccc2=O)n1. The Hall–Kier alpha value is -2.51. The maximum absolute atomic E-state index is 12.3. The number of anilines is 1. The molecule has 8 heteroatoms. The van der Waals surface area contributed by atoms with Crippen LogP contribution < -0.4 is 10.9 Å². The number of halogens is 1. The summed E-state index contributed by atoms with van der Waals surface area (Å²) in [5.74, 6) is -0.354. The molecule has 3 aromatic rings. The summed E-state index contributed by atoms with van der Waals surface area (Å²) < 4.78 is 1.14. The molecule has 0 radical (unpaired) electrons. The predicted molar refractivity (Wildman–Crippen MR) is 108 cm³/mol. The van der Waals surface area contributed by atoms with Crippen molar-refractivity contribution in [1.82, 2.24) is 14.8 Å². The first-order chi connectivity index (χ1) is 12.7. The van der Waals surface area contributed by atoms with Crippen molar-refractivity contribution < 1.29 is 4.79 Å². The molecule has 0 aliphatic carbocycles. The molecule has 0 spiro atoms. The Bertz CT molecular complexity index is 1020. The van der Waals surface area contributed by atoms with E-state index in [1.54, 1.807) is 18.2 Å². The number of rotatable bonds is 4. The Balaban J connectivity index is 1.75. The molecule has 0 saturated carbocycles. The topological polar surface area (TPSA) is 76.9 Å². The smallest absolute Gasteiger partial charge is 0.267 e. The number of benzene rings is 1. The first-order valence-corrected chi connectivity index (χ1v) is 9.58. The van der Waals surface area contributed by atoms with Crippen molar-refractivity contribution in [3.05, 3.63) is 62.8 Å². The van der Waals surface area contributed by atoms with Gasteiger partial charge in [0.05, 0.1) is 11.4 Å².